The fourth-order valence-corrected chi connectivity index (χ4v) is 1.16. The Hall–Kier alpha value is -0.0400. The van der Waals surface area contributed by atoms with Crippen molar-refractivity contribution in [3.8, 4) is 0 Å². The van der Waals surface area contributed by atoms with E-state index in [9.17, 15) is 0 Å². The van der Waals surface area contributed by atoms with Gasteiger partial charge in [0.15, 0.2) is 0 Å². The molecule has 0 unspecified atom stereocenters. The van der Waals surface area contributed by atoms with E-state index in [1.807, 2.05) is 0 Å². The van der Waals surface area contributed by atoms with E-state index >= 15 is 0 Å². The summed E-state index contributed by atoms with van der Waals surface area (Å²) in [6.07, 6.45) is 1.27. The minimum atomic E-state index is 0.492. The van der Waals surface area contributed by atoms with Gasteiger partial charge in [0.1, 0.15) is 0 Å². The van der Waals surface area contributed by atoms with Crippen LogP contribution in [0.5, 0.6) is 0 Å². The van der Waals surface area contributed by atoms with Crippen molar-refractivity contribution in [2.45, 2.75) is 41.0 Å². The predicted molar refractivity (Wildman–Crippen MR) is 51.9 cm³/mol. The molecule has 1 nitrogen and oxygen atoms in total. The van der Waals surface area contributed by atoms with Gasteiger partial charge in [-0.05, 0) is 24.9 Å². The fourth-order valence-electron chi connectivity index (χ4n) is 1.16. The lowest BCUT2D eigenvalue weighted by Crippen LogP contribution is -2.33. The third-order valence-corrected chi connectivity index (χ3v) is 2.50. The van der Waals surface area contributed by atoms with E-state index in [2.05, 4.69) is 39.5 Å². The lowest BCUT2D eigenvalue weighted by molar-refractivity contribution is 0.187. The molecule has 0 amide bonds. The lowest BCUT2D eigenvalue weighted by atomic mass is 9.90. The van der Waals surface area contributed by atoms with Gasteiger partial charge in [-0.3, -0.25) is 0 Å². The maximum Gasteiger partial charge on any atom is 0.00323 e. The molecule has 0 radical (unpaired) electrons. The molecule has 0 heterocycles. The van der Waals surface area contributed by atoms with Crippen molar-refractivity contribution in [2.75, 3.05) is 19.6 Å². The average Bonchev–Trinajstić information content (AvgIpc) is 2.00. The van der Waals surface area contributed by atoms with Gasteiger partial charge in [-0.25, -0.2) is 0 Å². The lowest BCUT2D eigenvalue weighted by Gasteiger charge is -2.30. The van der Waals surface area contributed by atoms with Gasteiger partial charge in [-0.15, -0.1) is 0 Å². The molecule has 0 atom stereocenters. The standard InChI is InChI=1S/C10H23N/c1-6-10(4,5)9-11(7-2)8-3/h6-9H2,1-5H3. The Morgan fingerprint density at radius 3 is 1.73 bits per heavy atom. The van der Waals surface area contributed by atoms with E-state index in [1.165, 1.54) is 26.1 Å². The molecule has 0 bridgehead atoms. The molecule has 0 aliphatic heterocycles. The zero-order chi connectivity index (χ0) is 8.91. The highest BCUT2D eigenvalue weighted by Crippen LogP contribution is 2.20. The minimum Gasteiger partial charge on any atom is -0.303 e. The second-order valence-electron chi connectivity index (χ2n) is 3.98. The first kappa shape index (κ1) is 11.0. The fraction of sp³-hybridized carbons (Fsp3) is 1.00. The van der Waals surface area contributed by atoms with Crippen LogP contribution in [0.3, 0.4) is 0 Å². The zero-order valence-corrected chi connectivity index (χ0v) is 8.78. The first-order valence-electron chi connectivity index (χ1n) is 4.78. The molecular formula is C10H23N. The second kappa shape index (κ2) is 4.76. The van der Waals surface area contributed by atoms with Gasteiger partial charge in [0.25, 0.3) is 0 Å². The highest BCUT2D eigenvalue weighted by atomic mass is 15.1. The third-order valence-electron chi connectivity index (χ3n) is 2.50. The first-order valence-corrected chi connectivity index (χ1v) is 4.78. The highest BCUT2D eigenvalue weighted by molar-refractivity contribution is 4.70. The summed E-state index contributed by atoms with van der Waals surface area (Å²) in [5, 5.41) is 0. The van der Waals surface area contributed by atoms with Gasteiger partial charge in [-0.2, -0.15) is 0 Å². The third kappa shape index (κ3) is 4.41. The molecule has 0 aliphatic rings. The van der Waals surface area contributed by atoms with Crippen molar-refractivity contribution in [1.82, 2.24) is 4.90 Å². The molecule has 0 fully saturated rings. The van der Waals surface area contributed by atoms with E-state index in [1.54, 1.807) is 0 Å². The van der Waals surface area contributed by atoms with Crippen LogP contribution in [0.25, 0.3) is 0 Å². The molecule has 0 N–H and O–H groups in total. The Morgan fingerprint density at radius 1 is 1.00 bits per heavy atom. The van der Waals surface area contributed by atoms with E-state index < -0.39 is 0 Å². The van der Waals surface area contributed by atoms with Crippen LogP contribution in [-0.2, 0) is 0 Å². The Bertz CT molecular complexity index is 93.0. The van der Waals surface area contributed by atoms with Crippen molar-refractivity contribution >= 4 is 0 Å². The Morgan fingerprint density at radius 2 is 1.45 bits per heavy atom. The molecule has 68 valence electrons. The van der Waals surface area contributed by atoms with Crippen LogP contribution in [0.15, 0.2) is 0 Å². The molecule has 0 spiro atoms. The topological polar surface area (TPSA) is 3.24 Å². The smallest absolute Gasteiger partial charge is 0.00323 e. The molecule has 0 saturated carbocycles. The molecular weight excluding hydrogens is 134 g/mol. The first-order chi connectivity index (χ1) is 5.05. The summed E-state index contributed by atoms with van der Waals surface area (Å²) in [5.41, 5.74) is 0.492. The van der Waals surface area contributed by atoms with Crippen LogP contribution in [0.4, 0.5) is 0 Å². The van der Waals surface area contributed by atoms with Gasteiger partial charge < -0.3 is 4.90 Å². The summed E-state index contributed by atoms with van der Waals surface area (Å²) in [5.74, 6) is 0. The van der Waals surface area contributed by atoms with Crippen LogP contribution in [0.1, 0.15) is 41.0 Å². The summed E-state index contributed by atoms with van der Waals surface area (Å²) in [6, 6.07) is 0. The van der Waals surface area contributed by atoms with Crippen molar-refractivity contribution in [3.05, 3.63) is 0 Å². The van der Waals surface area contributed by atoms with E-state index in [4.69, 9.17) is 0 Å². The summed E-state index contributed by atoms with van der Waals surface area (Å²) in [6.45, 7) is 15.0. The van der Waals surface area contributed by atoms with Gasteiger partial charge >= 0.3 is 0 Å². The number of rotatable bonds is 5. The average molecular weight is 157 g/mol. The van der Waals surface area contributed by atoms with Crippen LogP contribution in [0, 0.1) is 5.41 Å². The number of hydrogen-bond acceptors (Lipinski definition) is 1. The molecule has 0 aromatic heterocycles. The maximum absolute atomic E-state index is 2.49. The van der Waals surface area contributed by atoms with Crippen molar-refractivity contribution in [2.24, 2.45) is 5.41 Å². The van der Waals surface area contributed by atoms with Gasteiger partial charge in [-0.1, -0.05) is 34.6 Å². The van der Waals surface area contributed by atoms with Crippen LogP contribution < -0.4 is 0 Å². The van der Waals surface area contributed by atoms with Crippen molar-refractivity contribution in [1.29, 1.82) is 0 Å². The summed E-state index contributed by atoms with van der Waals surface area (Å²) >= 11 is 0. The van der Waals surface area contributed by atoms with Crippen molar-refractivity contribution in [3.63, 3.8) is 0 Å². The quantitative estimate of drug-likeness (QED) is 0.593. The van der Waals surface area contributed by atoms with Crippen LogP contribution in [-0.4, -0.2) is 24.5 Å². The Balaban J connectivity index is 3.79. The monoisotopic (exact) mass is 157 g/mol. The summed E-state index contributed by atoms with van der Waals surface area (Å²) in [4.78, 5) is 2.49. The van der Waals surface area contributed by atoms with E-state index in [-0.39, 0.29) is 0 Å². The van der Waals surface area contributed by atoms with Gasteiger partial charge in [0.05, 0.1) is 0 Å². The molecule has 0 rings (SSSR count). The molecule has 11 heavy (non-hydrogen) atoms. The Kier molecular flexibility index (Phi) is 4.74. The summed E-state index contributed by atoms with van der Waals surface area (Å²) in [7, 11) is 0. The predicted octanol–water partition coefficient (Wildman–Crippen LogP) is 2.76. The normalized spacial score (nSPS) is 12.5. The molecule has 0 saturated heterocycles. The summed E-state index contributed by atoms with van der Waals surface area (Å²) < 4.78 is 0. The Labute approximate surface area is 71.8 Å². The van der Waals surface area contributed by atoms with Gasteiger partial charge in [0, 0.05) is 6.54 Å². The van der Waals surface area contributed by atoms with Crippen LogP contribution >= 0.6 is 0 Å². The molecule has 0 aromatic rings. The number of hydrogen-bond donors (Lipinski definition) is 0. The maximum atomic E-state index is 2.49. The SMILES string of the molecule is CCN(CC)CC(C)(C)CC. The number of nitrogens with zero attached hydrogens (tertiary/aromatic N) is 1. The van der Waals surface area contributed by atoms with E-state index in [0.717, 1.165) is 0 Å². The van der Waals surface area contributed by atoms with Crippen LogP contribution in [0.2, 0.25) is 0 Å². The molecule has 0 aromatic carbocycles. The van der Waals surface area contributed by atoms with E-state index in [0.29, 0.717) is 5.41 Å². The highest BCUT2D eigenvalue weighted by Gasteiger charge is 2.17. The zero-order valence-electron chi connectivity index (χ0n) is 8.78. The molecule has 1 heteroatoms. The van der Waals surface area contributed by atoms with Gasteiger partial charge in [0.2, 0.25) is 0 Å². The minimum absolute atomic E-state index is 0.492. The molecule has 0 aliphatic carbocycles. The second-order valence-corrected chi connectivity index (χ2v) is 3.98. The van der Waals surface area contributed by atoms with Crippen molar-refractivity contribution < 1.29 is 0 Å². The largest absolute Gasteiger partial charge is 0.303 e.